The van der Waals surface area contributed by atoms with Crippen LogP contribution in [0.15, 0.2) is 24.3 Å². The molecular weight excluding hydrogens is 254 g/mol. The van der Waals surface area contributed by atoms with Crippen molar-refractivity contribution in [3.63, 3.8) is 0 Å². The van der Waals surface area contributed by atoms with E-state index in [2.05, 4.69) is 42.8 Å². The average Bonchev–Trinajstić information content (AvgIpc) is 3.07. The minimum Gasteiger partial charge on any atom is -0.242 e. The van der Waals surface area contributed by atoms with Gasteiger partial charge in [-0.1, -0.05) is 31.2 Å². The van der Waals surface area contributed by atoms with Gasteiger partial charge in [0.25, 0.3) is 0 Å². The molecule has 1 aromatic carbocycles. The molecule has 106 valence electrons. The zero-order chi connectivity index (χ0) is 14.3. The maximum atomic E-state index is 12.1. The Morgan fingerprint density at radius 2 is 1.74 bits per heavy atom. The van der Waals surface area contributed by atoms with Crippen LogP contribution in [0.5, 0.6) is 0 Å². The fourth-order valence-electron chi connectivity index (χ4n) is 2.06. The summed E-state index contributed by atoms with van der Waals surface area (Å²) in [5.41, 5.74) is 3.05. The first-order valence-corrected chi connectivity index (χ1v) is 8.16. The van der Waals surface area contributed by atoms with E-state index in [0.717, 1.165) is 0 Å². The highest BCUT2D eigenvalue weighted by Gasteiger charge is 2.38. The molecule has 1 fully saturated rings. The van der Waals surface area contributed by atoms with Crippen LogP contribution in [0.1, 0.15) is 64.6 Å². The van der Waals surface area contributed by atoms with Gasteiger partial charge in [-0.15, -0.1) is 0 Å². The third-order valence-corrected chi connectivity index (χ3v) is 5.63. The zero-order valence-corrected chi connectivity index (χ0v) is 13.4. The lowest BCUT2D eigenvalue weighted by Gasteiger charge is -2.22. The van der Waals surface area contributed by atoms with Crippen LogP contribution in [-0.4, -0.2) is 8.96 Å². The largest absolute Gasteiger partial charge is 0.242 e. The Bertz CT molecular complexity index is 469. The van der Waals surface area contributed by atoms with E-state index in [9.17, 15) is 4.21 Å². The average molecular weight is 279 g/mol. The van der Waals surface area contributed by atoms with Crippen molar-refractivity contribution in [3.8, 4) is 0 Å². The lowest BCUT2D eigenvalue weighted by atomic mass is 9.96. The molecule has 1 N–H and O–H groups in total. The smallest absolute Gasteiger partial charge is 0.0975 e. The van der Waals surface area contributed by atoms with Gasteiger partial charge in [0, 0.05) is 6.04 Å². The second-order valence-electron chi connectivity index (χ2n) is 6.90. The molecule has 0 spiro atoms. The molecule has 1 aliphatic rings. The van der Waals surface area contributed by atoms with Gasteiger partial charge >= 0.3 is 0 Å². The zero-order valence-electron chi connectivity index (χ0n) is 12.6. The standard InChI is InChI=1S/C16H25NOS/c1-12(17-19(18)15(2,3)4)13-6-8-14(9-7-13)16(5)10-11-16/h6-9,12,17H,10-11H2,1-5H3/t12-,19+/m0/s1. The van der Waals surface area contributed by atoms with E-state index in [4.69, 9.17) is 0 Å². The summed E-state index contributed by atoms with van der Waals surface area (Å²) in [6, 6.07) is 8.88. The molecule has 1 saturated carbocycles. The fraction of sp³-hybridized carbons (Fsp3) is 0.625. The van der Waals surface area contributed by atoms with Gasteiger partial charge in [0.1, 0.15) is 0 Å². The second-order valence-corrected chi connectivity index (χ2v) is 8.90. The predicted octanol–water partition coefficient (Wildman–Crippen LogP) is 3.85. The van der Waals surface area contributed by atoms with Crippen molar-refractivity contribution in [1.82, 2.24) is 4.72 Å². The van der Waals surface area contributed by atoms with Gasteiger partial charge in [-0.05, 0) is 57.1 Å². The molecule has 0 radical (unpaired) electrons. The first kappa shape index (κ1) is 14.7. The molecule has 19 heavy (non-hydrogen) atoms. The summed E-state index contributed by atoms with van der Waals surface area (Å²) < 4.78 is 15.0. The van der Waals surface area contributed by atoms with Crippen molar-refractivity contribution in [1.29, 1.82) is 0 Å². The molecule has 0 heterocycles. The Labute approximate surface area is 119 Å². The van der Waals surface area contributed by atoms with E-state index >= 15 is 0 Å². The Morgan fingerprint density at radius 1 is 1.21 bits per heavy atom. The molecule has 1 aliphatic carbocycles. The summed E-state index contributed by atoms with van der Waals surface area (Å²) in [7, 11) is -1.03. The van der Waals surface area contributed by atoms with Gasteiger partial charge in [0.2, 0.25) is 0 Å². The highest BCUT2D eigenvalue weighted by molar-refractivity contribution is 7.84. The Balaban J connectivity index is 2.04. The predicted molar refractivity (Wildman–Crippen MR) is 82.5 cm³/mol. The minimum atomic E-state index is -1.03. The molecule has 0 unspecified atom stereocenters. The van der Waals surface area contributed by atoms with Crippen LogP contribution in [-0.2, 0) is 16.4 Å². The topological polar surface area (TPSA) is 29.1 Å². The quantitative estimate of drug-likeness (QED) is 0.891. The van der Waals surface area contributed by atoms with E-state index in [1.165, 1.54) is 24.0 Å². The van der Waals surface area contributed by atoms with Gasteiger partial charge in [0.15, 0.2) is 0 Å². The number of rotatable bonds is 4. The van der Waals surface area contributed by atoms with Crippen molar-refractivity contribution in [2.45, 2.75) is 63.7 Å². The van der Waals surface area contributed by atoms with Crippen molar-refractivity contribution >= 4 is 11.0 Å². The summed E-state index contributed by atoms with van der Waals surface area (Å²) in [4.78, 5) is 0. The third-order valence-electron chi connectivity index (χ3n) is 3.95. The summed E-state index contributed by atoms with van der Waals surface area (Å²) in [6.45, 7) is 10.3. The van der Waals surface area contributed by atoms with E-state index in [1.807, 2.05) is 20.8 Å². The number of hydrogen-bond acceptors (Lipinski definition) is 1. The van der Waals surface area contributed by atoms with Gasteiger partial charge in [-0.3, -0.25) is 0 Å². The normalized spacial score (nSPS) is 20.9. The van der Waals surface area contributed by atoms with Crippen molar-refractivity contribution in [3.05, 3.63) is 35.4 Å². The van der Waals surface area contributed by atoms with Crippen LogP contribution in [0.2, 0.25) is 0 Å². The lowest BCUT2D eigenvalue weighted by molar-refractivity contribution is 0.616. The van der Waals surface area contributed by atoms with Crippen LogP contribution in [0.4, 0.5) is 0 Å². The Hall–Kier alpha value is -0.670. The SMILES string of the molecule is C[C@H](N[S@](=O)C(C)(C)C)c1ccc(C2(C)CC2)cc1. The van der Waals surface area contributed by atoms with Crippen molar-refractivity contribution in [2.24, 2.45) is 0 Å². The van der Waals surface area contributed by atoms with Gasteiger partial charge in [-0.2, -0.15) is 0 Å². The Morgan fingerprint density at radius 3 is 2.16 bits per heavy atom. The molecule has 0 amide bonds. The first-order valence-electron chi connectivity index (χ1n) is 7.01. The van der Waals surface area contributed by atoms with E-state index < -0.39 is 11.0 Å². The van der Waals surface area contributed by atoms with Crippen LogP contribution in [0, 0.1) is 0 Å². The summed E-state index contributed by atoms with van der Waals surface area (Å²) in [6.07, 6.45) is 2.60. The summed E-state index contributed by atoms with van der Waals surface area (Å²) in [5, 5.41) is 0. The molecule has 2 nitrogen and oxygen atoms in total. The molecule has 0 aliphatic heterocycles. The third kappa shape index (κ3) is 3.46. The van der Waals surface area contributed by atoms with Crippen LogP contribution in [0.25, 0.3) is 0 Å². The maximum Gasteiger partial charge on any atom is 0.0975 e. The van der Waals surface area contributed by atoms with Gasteiger partial charge < -0.3 is 0 Å². The number of hydrogen-bond donors (Lipinski definition) is 1. The number of benzene rings is 1. The van der Waals surface area contributed by atoms with Gasteiger partial charge in [0.05, 0.1) is 15.7 Å². The van der Waals surface area contributed by atoms with Crippen LogP contribution >= 0.6 is 0 Å². The molecule has 0 bridgehead atoms. The fourth-order valence-corrected chi connectivity index (χ4v) is 2.87. The monoisotopic (exact) mass is 279 g/mol. The molecule has 3 heteroatoms. The van der Waals surface area contributed by atoms with Crippen LogP contribution < -0.4 is 4.72 Å². The van der Waals surface area contributed by atoms with Crippen LogP contribution in [0.3, 0.4) is 0 Å². The maximum absolute atomic E-state index is 12.1. The molecular formula is C16H25NOS. The minimum absolute atomic E-state index is 0.112. The molecule has 2 rings (SSSR count). The summed E-state index contributed by atoms with van der Waals surface area (Å²) >= 11 is 0. The molecule has 1 aromatic rings. The highest BCUT2D eigenvalue weighted by Crippen LogP contribution is 2.47. The lowest BCUT2D eigenvalue weighted by Crippen LogP contribution is -2.34. The van der Waals surface area contributed by atoms with E-state index in [-0.39, 0.29) is 10.8 Å². The second kappa shape index (κ2) is 5.02. The highest BCUT2D eigenvalue weighted by atomic mass is 32.2. The molecule has 2 atom stereocenters. The first-order chi connectivity index (χ1) is 8.72. The van der Waals surface area contributed by atoms with Gasteiger partial charge in [-0.25, -0.2) is 8.93 Å². The molecule has 0 saturated heterocycles. The Kier molecular flexibility index (Phi) is 3.90. The van der Waals surface area contributed by atoms with Crippen molar-refractivity contribution in [2.75, 3.05) is 0 Å². The molecule has 0 aromatic heterocycles. The summed E-state index contributed by atoms with van der Waals surface area (Å²) in [5.74, 6) is 0. The van der Waals surface area contributed by atoms with E-state index in [1.54, 1.807) is 0 Å². The van der Waals surface area contributed by atoms with Crippen molar-refractivity contribution < 1.29 is 4.21 Å². The van der Waals surface area contributed by atoms with E-state index in [0.29, 0.717) is 5.41 Å². The number of nitrogens with one attached hydrogen (secondary N) is 1.